The number of carbonyl (C=O) groups excluding carboxylic acids is 2. The molecule has 2 rings (SSSR count). The molecule has 0 bridgehead atoms. The molecule has 2 N–H and O–H groups in total. The summed E-state index contributed by atoms with van der Waals surface area (Å²) in [5.41, 5.74) is 5.17. The van der Waals surface area contributed by atoms with Crippen molar-refractivity contribution in [2.45, 2.75) is 20.8 Å². The SMILES string of the molecule is CCOc1cc(C(=O)NNC(=O)c2ccc(Cl)nc2)cc(OCC)c1OCC. The molecule has 2 amide bonds. The van der Waals surface area contributed by atoms with Crippen LogP contribution in [0.4, 0.5) is 0 Å². The molecule has 8 nitrogen and oxygen atoms in total. The molecule has 2 aromatic rings. The Hall–Kier alpha value is -3.00. The zero-order valence-corrected chi connectivity index (χ0v) is 16.6. The lowest BCUT2D eigenvalue weighted by atomic mass is 10.1. The second-order valence-electron chi connectivity index (χ2n) is 5.38. The van der Waals surface area contributed by atoms with Crippen molar-refractivity contribution >= 4 is 23.4 Å². The van der Waals surface area contributed by atoms with E-state index in [1.54, 1.807) is 0 Å². The maximum atomic E-state index is 12.5. The van der Waals surface area contributed by atoms with Gasteiger partial charge in [-0.05, 0) is 45.0 Å². The van der Waals surface area contributed by atoms with E-state index in [-0.39, 0.29) is 16.3 Å². The number of rotatable bonds is 8. The summed E-state index contributed by atoms with van der Waals surface area (Å²) in [7, 11) is 0. The van der Waals surface area contributed by atoms with Gasteiger partial charge < -0.3 is 14.2 Å². The fourth-order valence-electron chi connectivity index (χ4n) is 2.29. The minimum absolute atomic E-state index is 0.241. The molecule has 9 heteroatoms. The molecule has 0 atom stereocenters. The van der Waals surface area contributed by atoms with Gasteiger partial charge in [-0.25, -0.2) is 4.98 Å². The normalized spacial score (nSPS) is 10.1. The number of amides is 2. The molecule has 28 heavy (non-hydrogen) atoms. The number of hydrogen-bond acceptors (Lipinski definition) is 6. The Morgan fingerprint density at radius 1 is 0.893 bits per heavy atom. The first-order valence-electron chi connectivity index (χ1n) is 8.78. The number of hydrogen-bond donors (Lipinski definition) is 2. The van der Waals surface area contributed by atoms with E-state index in [1.165, 1.54) is 30.5 Å². The highest BCUT2D eigenvalue weighted by atomic mass is 35.5. The van der Waals surface area contributed by atoms with Crippen molar-refractivity contribution in [2.75, 3.05) is 19.8 Å². The molecule has 0 radical (unpaired) electrons. The molecule has 0 aliphatic carbocycles. The molecule has 0 aliphatic heterocycles. The van der Waals surface area contributed by atoms with Gasteiger partial charge in [0.1, 0.15) is 5.15 Å². The topological polar surface area (TPSA) is 98.8 Å². The Bertz CT molecular complexity index is 800. The minimum Gasteiger partial charge on any atom is -0.490 e. The molecule has 0 fully saturated rings. The van der Waals surface area contributed by atoms with Gasteiger partial charge in [0.25, 0.3) is 11.8 Å². The van der Waals surface area contributed by atoms with Crippen molar-refractivity contribution in [1.29, 1.82) is 0 Å². The molecule has 0 saturated carbocycles. The minimum atomic E-state index is -0.541. The van der Waals surface area contributed by atoms with Crippen molar-refractivity contribution < 1.29 is 23.8 Å². The van der Waals surface area contributed by atoms with Crippen molar-refractivity contribution in [3.05, 3.63) is 46.7 Å². The second-order valence-corrected chi connectivity index (χ2v) is 5.77. The van der Waals surface area contributed by atoms with Crippen LogP contribution >= 0.6 is 11.6 Å². The molecule has 1 aromatic heterocycles. The quantitative estimate of drug-likeness (QED) is 0.515. The van der Waals surface area contributed by atoms with Crippen molar-refractivity contribution in [1.82, 2.24) is 15.8 Å². The van der Waals surface area contributed by atoms with Crippen LogP contribution < -0.4 is 25.1 Å². The Kier molecular flexibility index (Phi) is 7.88. The van der Waals surface area contributed by atoms with Crippen molar-refractivity contribution in [3.8, 4) is 17.2 Å². The van der Waals surface area contributed by atoms with Crippen LogP contribution in [0.3, 0.4) is 0 Å². The number of benzene rings is 1. The van der Waals surface area contributed by atoms with E-state index in [2.05, 4.69) is 15.8 Å². The average Bonchev–Trinajstić information content (AvgIpc) is 2.69. The summed E-state index contributed by atoms with van der Waals surface area (Å²) in [6.45, 7) is 6.67. The molecule has 0 aliphatic rings. The van der Waals surface area contributed by atoms with E-state index < -0.39 is 11.8 Å². The van der Waals surface area contributed by atoms with Crippen LogP contribution in [0, 0.1) is 0 Å². The fourth-order valence-corrected chi connectivity index (χ4v) is 2.40. The average molecular weight is 408 g/mol. The number of pyridine rings is 1. The number of nitrogens with one attached hydrogen (secondary N) is 2. The number of halogens is 1. The summed E-state index contributed by atoms with van der Waals surface area (Å²) in [6, 6.07) is 6.03. The van der Waals surface area contributed by atoms with Gasteiger partial charge in [0.2, 0.25) is 5.75 Å². The summed E-state index contributed by atoms with van der Waals surface area (Å²) in [5, 5.41) is 0.266. The maximum Gasteiger partial charge on any atom is 0.271 e. The zero-order chi connectivity index (χ0) is 20.5. The molecular formula is C19H22ClN3O5. The van der Waals surface area contributed by atoms with Crippen LogP contribution in [0.5, 0.6) is 17.2 Å². The Morgan fingerprint density at radius 2 is 1.43 bits per heavy atom. The predicted octanol–water partition coefficient (Wildman–Crippen LogP) is 3.01. The summed E-state index contributed by atoms with van der Waals surface area (Å²) in [4.78, 5) is 28.4. The number of hydrazine groups is 1. The maximum absolute atomic E-state index is 12.5. The number of ether oxygens (including phenoxy) is 3. The summed E-state index contributed by atoms with van der Waals surface area (Å²) >= 11 is 5.69. The van der Waals surface area contributed by atoms with E-state index in [0.717, 1.165) is 0 Å². The fraction of sp³-hybridized carbons (Fsp3) is 0.316. The third-order valence-corrected chi connectivity index (χ3v) is 3.67. The van der Waals surface area contributed by atoms with Crippen LogP contribution in [0.2, 0.25) is 5.15 Å². The van der Waals surface area contributed by atoms with Gasteiger partial charge in [-0.1, -0.05) is 11.6 Å². The van der Waals surface area contributed by atoms with Gasteiger partial charge in [0, 0.05) is 11.8 Å². The van der Waals surface area contributed by atoms with E-state index in [9.17, 15) is 9.59 Å². The first kappa shape index (κ1) is 21.3. The number of aromatic nitrogens is 1. The number of nitrogens with zero attached hydrogens (tertiary/aromatic N) is 1. The Morgan fingerprint density at radius 3 is 1.89 bits per heavy atom. The standard InChI is InChI=1S/C19H22ClN3O5/c1-4-26-14-9-13(10-15(27-5-2)17(14)28-6-3)19(25)23-22-18(24)12-7-8-16(20)21-11-12/h7-11H,4-6H2,1-3H3,(H,22,24)(H,23,25). The van der Waals surface area contributed by atoms with Gasteiger partial charge in [-0.2, -0.15) is 0 Å². The Labute approximate surface area is 168 Å². The smallest absolute Gasteiger partial charge is 0.271 e. The monoisotopic (exact) mass is 407 g/mol. The van der Waals surface area contributed by atoms with E-state index in [1.807, 2.05) is 20.8 Å². The molecular weight excluding hydrogens is 386 g/mol. The first-order valence-corrected chi connectivity index (χ1v) is 9.16. The summed E-state index contributed by atoms with van der Waals surface area (Å²) in [5.74, 6) is 0.125. The van der Waals surface area contributed by atoms with Crippen LogP contribution in [-0.4, -0.2) is 36.6 Å². The van der Waals surface area contributed by atoms with Crippen molar-refractivity contribution in [3.63, 3.8) is 0 Å². The molecule has 0 saturated heterocycles. The molecule has 1 aromatic carbocycles. The van der Waals surface area contributed by atoms with E-state index in [4.69, 9.17) is 25.8 Å². The van der Waals surface area contributed by atoms with Gasteiger partial charge in [0.05, 0.1) is 25.4 Å². The largest absolute Gasteiger partial charge is 0.490 e. The molecule has 0 spiro atoms. The second kappa shape index (κ2) is 10.4. The van der Waals surface area contributed by atoms with Crippen LogP contribution in [0.15, 0.2) is 30.5 Å². The van der Waals surface area contributed by atoms with Crippen LogP contribution in [-0.2, 0) is 0 Å². The van der Waals surface area contributed by atoms with E-state index >= 15 is 0 Å². The third-order valence-electron chi connectivity index (χ3n) is 3.45. The lowest BCUT2D eigenvalue weighted by Crippen LogP contribution is -2.41. The highest BCUT2D eigenvalue weighted by molar-refractivity contribution is 6.29. The van der Waals surface area contributed by atoms with Gasteiger partial charge in [-0.3, -0.25) is 20.4 Å². The third kappa shape index (κ3) is 5.50. The van der Waals surface area contributed by atoms with Gasteiger partial charge in [-0.15, -0.1) is 0 Å². The van der Waals surface area contributed by atoms with Crippen LogP contribution in [0.1, 0.15) is 41.5 Å². The van der Waals surface area contributed by atoms with E-state index in [0.29, 0.717) is 37.1 Å². The zero-order valence-electron chi connectivity index (χ0n) is 15.9. The predicted molar refractivity (Wildman–Crippen MR) is 104 cm³/mol. The Balaban J connectivity index is 2.18. The molecule has 0 unspecified atom stereocenters. The van der Waals surface area contributed by atoms with Crippen LogP contribution in [0.25, 0.3) is 0 Å². The van der Waals surface area contributed by atoms with Gasteiger partial charge in [0.15, 0.2) is 11.5 Å². The first-order chi connectivity index (χ1) is 13.5. The summed E-state index contributed by atoms with van der Waals surface area (Å²) < 4.78 is 16.8. The van der Waals surface area contributed by atoms with Gasteiger partial charge >= 0.3 is 0 Å². The van der Waals surface area contributed by atoms with Crippen molar-refractivity contribution in [2.24, 2.45) is 0 Å². The lowest BCUT2D eigenvalue weighted by Gasteiger charge is -2.17. The summed E-state index contributed by atoms with van der Waals surface area (Å²) in [6.07, 6.45) is 1.31. The highest BCUT2D eigenvalue weighted by Crippen LogP contribution is 2.39. The highest BCUT2D eigenvalue weighted by Gasteiger charge is 2.19. The lowest BCUT2D eigenvalue weighted by molar-refractivity contribution is 0.0846. The molecule has 1 heterocycles. The number of carbonyl (C=O) groups is 2. The molecule has 150 valence electrons.